The lowest BCUT2D eigenvalue weighted by molar-refractivity contribution is 0.185. The summed E-state index contributed by atoms with van der Waals surface area (Å²) in [5, 5.41) is 9.35. The number of hydrogen-bond acceptors (Lipinski definition) is 2. The Balaban J connectivity index is 2.01. The Kier molecular flexibility index (Phi) is 6.50. The molecule has 0 saturated carbocycles. The average molecular weight is 292 g/mol. The summed E-state index contributed by atoms with van der Waals surface area (Å²) in [7, 11) is 0. The van der Waals surface area contributed by atoms with Crippen molar-refractivity contribution in [3.8, 4) is 0 Å². The maximum Gasteiger partial charge on any atom is 0.0873 e. The lowest BCUT2D eigenvalue weighted by Gasteiger charge is -2.21. The molecule has 2 aliphatic rings. The van der Waals surface area contributed by atoms with Crippen molar-refractivity contribution < 1.29 is 9.84 Å². The van der Waals surface area contributed by atoms with Gasteiger partial charge in [0.25, 0.3) is 0 Å². The average Bonchev–Trinajstić information content (AvgIpc) is 3.21. The van der Waals surface area contributed by atoms with Gasteiger partial charge in [-0.05, 0) is 70.6 Å². The van der Waals surface area contributed by atoms with Crippen LogP contribution < -0.4 is 0 Å². The van der Waals surface area contributed by atoms with E-state index in [1.54, 1.807) is 0 Å². The van der Waals surface area contributed by atoms with Crippen molar-refractivity contribution in [3.63, 3.8) is 0 Å². The van der Waals surface area contributed by atoms with Crippen molar-refractivity contribution in [3.05, 3.63) is 23.3 Å². The first-order chi connectivity index (χ1) is 10.1. The normalized spacial score (nSPS) is 40.2. The molecule has 2 nitrogen and oxygen atoms in total. The third-order valence-electron chi connectivity index (χ3n) is 5.21. The molecule has 0 aromatic heterocycles. The first-order valence-electron chi connectivity index (χ1n) is 8.69. The summed E-state index contributed by atoms with van der Waals surface area (Å²) in [6, 6.07) is 0. The molecule has 1 aliphatic heterocycles. The van der Waals surface area contributed by atoms with Crippen LogP contribution in [0.25, 0.3) is 0 Å². The van der Waals surface area contributed by atoms with E-state index in [9.17, 15) is 5.11 Å². The molecule has 1 aliphatic carbocycles. The van der Waals surface area contributed by atoms with E-state index < -0.39 is 0 Å². The van der Waals surface area contributed by atoms with E-state index in [-0.39, 0.29) is 6.61 Å². The van der Waals surface area contributed by atoms with E-state index in [1.165, 1.54) is 30.4 Å². The second-order valence-electron chi connectivity index (χ2n) is 7.05. The number of aliphatic hydroxyl groups is 1. The van der Waals surface area contributed by atoms with Gasteiger partial charge in [0.15, 0.2) is 0 Å². The number of allylic oxidation sites excluding steroid dienone is 4. The van der Waals surface area contributed by atoms with Gasteiger partial charge < -0.3 is 9.84 Å². The van der Waals surface area contributed by atoms with E-state index >= 15 is 0 Å². The van der Waals surface area contributed by atoms with Crippen molar-refractivity contribution in [2.45, 2.75) is 77.9 Å². The zero-order chi connectivity index (χ0) is 15.2. The van der Waals surface area contributed by atoms with Crippen LogP contribution in [0, 0.1) is 11.8 Å². The van der Waals surface area contributed by atoms with E-state index in [4.69, 9.17) is 4.74 Å². The second-order valence-corrected chi connectivity index (χ2v) is 7.05. The fourth-order valence-corrected chi connectivity index (χ4v) is 3.61. The predicted molar refractivity (Wildman–Crippen MR) is 88.2 cm³/mol. The lowest BCUT2D eigenvalue weighted by Crippen LogP contribution is -2.21. The summed E-state index contributed by atoms with van der Waals surface area (Å²) in [5.41, 5.74) is 3.02. The summed E-state index contributed by atoms with van der Waals surface area (Å²) in [6.45, 7) is 7.12. The first kappa shape index (κ1) is 16.8. The van der Waals surface area contributed by atoms with Crippen molar-refractivity contribution in [1.29, 1.82) is 0 Å². The minimum Gasteiger partial charge on any atom is -0.396 e. The molecule has 0 spiro atoms. The summed E-state index contributed by atoms with van der Waals surface area (Å²) in [6.07, 6.45) is 13.6. The summed E-state index contributed by atoms with van der Waals surface area (Å²) in [4.78, 5) is 0. The molecule has 0 aromatic carbocycles. The third kappa shape index (κ3) is 5.27. The molecular weight excluding hydrogens is 260 g/mol. The molecule has 2 heteroatoms. The van der Waals surface area contributed by atoms with Crippen LogP contribution in [0.3, 0.4) is 0 Å². The minimum absolute atomic E-state index is 0.287. The SMILES string of the molecule is C/C1=C\CC[C@@H](C)[C@@H](CCO)[C@H]2OC2CC/C(C)=C/CC1. The van der Waals surface area contributed by atoms with Crippen LogP contribution in [0.5, 0.6) is 0 Å². The van der Waals surface area contributed by atoms with Gasteiger partial charge >= 0.3 is 0 Å². The highest BCUT2D eigenvalue weighted by Crippen LogP contribution is 2.40. The van der Waals surface area contributed by atoms with Gasteiger partial charge in [0.1, 0.15) is 0 Å². The van der Waals surface area contributed by atoms with Gasteiger partial charge in [0.2, 0.25) is 0 Å². The number of aliphatic hydroxyl groups excluding tert-OH is 1. The van der Waals surface area contributed by atoms with Crippen LogP contribution in [0.2, 0.25) is 0 Å². The number of fused-ring (bicyclic) bond motifs is 1. The Morgan fingerprint density at radius 2 is 1.81 bits per heavy atom. The molecule has 2 rings (SSSR count). The highest BCUT2D eigenvalue weighted by molar-refractivity contribution is 5.05. The van der Waals surface area contributed by atoms with E-state index in [0.717, 1.165) is 25.7 Å². The molecular formula is C19H32O2. The highest BCUT2D eigenvalue weighted by atomic mass is 16.6. The maximum absolute atomic E-state index is 9.35. The van der Waals surface area contributed by atoms with Crippen LogP contribution in [0.1, 0.15) is 65.7 Å². The molecule has 120 valence electrons. The molecule has 0 radical (unpaired) electrons. The quantitative estimate of drug-likeness (QED) is 0.594. The zero-order valence-electron chi connectivity index (χ0n) is 14.0. The second kappa shape index (κ2) is 8.14. The Bertz CT molecular complexity index is 383. The Hall–Kier alpha value is -0.600. The summed E-state index contributed by atoms with van der Waals surface area (Å²) >= 11 is 0. The highest BCUT2D eigenvalue weighted by Gasteiger charge is 2.45. The maximum atomic E-state index is 9.35. The third-order valence-corrected chi connectivity index (χ3v) is 5.21. The standard InChI is InChI=1S/C19H32O2/c1-14-6-4-7-15(2)10-11-18-19(21-18)17(12-13-20)16(3)9-5-8-14/h7-8,16-20H,4-6,9-13H2,1-3H3/b14-8+,15-7+/t16-,17-,18?,19-/m1/s1. The molecule has 0 aromatic rings. The van der Waals surface area contributed by atoms with Crippen LogP contribution in [0.4, 0.5) is 0 Å². The Morgan fingerprint density at radius 3 is 2.57 bits per heavy atom. The van der Waals surface area contributed by atoms with Gasteiger partial charge in [-0.25, -0.2) is 0 Å². The first-order valence-corrected chi connectivity index (χ1v) is 8.69. The van der Waals surface area contributed by atoms with E-state index in [2.05, 4.69) is 32.9 Å². The lowest BCUT2D eigenvalue weighted by atomic mass is 9.83. The van der Waals surface area contributed by atoms with Crippen molar-refractivity contribution >= 4 is 0 Å². The Morgan fingerprint density at radius 1 is 1.10 bits per heavy atom. The van der Waals surface area contributed by atoms with Gasteiger partial charge in [-0.15, -0.1) is 0 Å². The monoisotopic (exact) mass is 292 g/mol. The van der Waals surface area contributed by atoms with Gasteiger partial charge in [-0.1, -0.05) is 30.2 Å². The molecule has 21 heavy (non-hydrogen) atoms. The van der Waals surface area contributed by atoms with E-state index in [1.807, 2.05) is 0 Å². The number of hydrogen-bond donors (Lipinski definition) is 1. The molecule has 1 fully saturated rings. The fourth-order valence-electron chi connectivity index (χ4n) is 3.61. The molecule has 4 atom stereocenters. The van der Waals surface area contributed by atoms with Gasteiger partial charge in [0, 0.05) is 6.61 Å². The number of rotatable bonds is 2. The fraction of sp³-hybridized carbons (Fsp3) is 0.789. The van der Waals surface area contributed by atoms with E-state index in [0.29, 0.717) is 24.0 Å². The van der Waals surface area contributed by atoms with Crippen molar-refractivity contribution in [2.75, 3.05) is 6.61 Å². The minimum atomic E-state index is 0.287. The van der Waals surface area contributed by atoms with Crippen LogP contribution in [-0.4, -0.2) is 23.9 Å². The van der Waals surface area contributed by atoms with Gasteiger partial charge in [-0.3, -0.25) is 0 Å². The smallest absolute Gasteiger partial charge is 0.0873 e. The zero-order valence-corrected chi connectivity index (χ0v) is 14.0. The Labute approximate surface area is 130 Å². The molecule has 1 unspecified atom stereocenters. The molecule has 1 saturated heterocycles. The number of ether oxygens (including phenoxy) is 1. The van der Waals surface area contributed by atoms with Gasteiger partial charge in [-0.2, -0.15) is 0 Å². The molecule has 1 N–H and O–H groups in total. The van der Waals surface area contributed by atoms with Gasteiger partial charge in [0.05, 0.1) is 12.2 Å². The predicted octanol–water partition coefficient (Wildman–Crippen LogP) is 4.64. The molecule has 0 amide bonds. The van der Waals surface area contributed by atoms with Crippen LogP contribution in [-0.2, 0) is 4.74 Å². The van der Waals surface area contributed by atoms with Crippen molar-refractivity contribution in [1.82, 2.24) is 0 Å². The molecule has 0 bridgehead atoms. The summed E-state index contributed by atoms with van der Waals surface area (Å²) < 4.78 is 5.94. The van der Waals surface area contributed by atoms with Crippen LogP contribution in [0.15, 0.2) is 23.3 Å². The molecule has 1 heterocycles. The topological polar surface area (TPSA) is 32.8 Å². The summed E-state index contributed by atoms with van der Waals surface area (Å²) in [5.74, 6) is 1.16. The van der Waals surface area contributed by atoms with Crippen LogP contribution >= 0.6 is 0 Å². The number of epoxide rings is 1. The largest absolute Gasteiger partial charge is 0.396 e. The van der Waals surface area contributed by atoms with Crippen molar-refractivity contribution in [2.24, 2.45) is 11.8 Å².